The molecule has 0 bridgehead atoms. The maximum absolute atomic E-state index is 14.6. The van der Waals surface area contributed by atoms with Gasteiger partial charge in [-0.2, -0.15) is 0 Å². The second kappa shape index (κ2) is 8.91. The number of hydrogen-bond donors (Lipinski definition) is 1. The van der Waals surface area contributed by atoms with Crippen molar-refractivity contribution in [3.8, 4) is 28.0 Å². The third-order valence-electron chi connectivity index (χ3n) is 6.59. The van der Waals surface area contributed by atoms with Gasteiger partial charge in [-0.1, -0.05) is 18.2 Å². The summed E-state index contributed by atoms with van der Waals surface area (Å²) in [5.74, 6) is 0.174. The quantitative estimate of drug-likeness (QED) is 0.466. The minimum absolute atomic E-state index is 0.143. The zero-order chi connectivity index (χ0) is 23.8. The predicted molar refractivity (Wildman–Crippen MR) is 131 cm³/mol. The second-order valence-corrected chi connectivity index (χ2v) is 8.91. The van der Waals surface area contributed by atoms with Crippen molar-refractivity contribution < 1.29 is 13.9 Å². The van der Waals surface area contributed by atoms with E-state index in [0.29, 0.717) is 30.3 Å². The van der Waals surface area contributed by atoms with Crippen LogP contribution >= 0.6 is 0 Å². The van der Waals surface area contributed by atoms with E-state index in [0.717, 1.165) is 39.9 Å². The minimum atomic E-state index is -0.441. The van der Waals surface area contributed by atoms with Gasteiger partial charge in [0.15, 0.2) is 0 Å². The van der Waals surface area contributed by atoms with Gasteiger partial charge >= 0.3 is 0 Å². The summed E-state index contributed by atoms with van der Waals surface area (Å²) >= 11 is 0. The van der Waals surface area contributed by atoms with Crippen molar-refractivity contribution in [1.29, 1.82) is 0 Å². The molecular weight excluding hydrogens is 431 g/mol. The van der Waals surface area contributed by atoms with Gasteiger partial charge in [0.05, 0.1) is 7.11 Å². The van der Waals surface area contributed by atoms with Crippen LogP contribution in [-0.4, -0.2) is 66.0 Å². The Morgan fingerprint density at radius 1 is 1.15 bits per heavy atom. The SMILES string of the molecule is COc1ccccc1-c1c[nH]c2ncc(-c3cc(F)cc(C(=O)N4CCC(N(C)C)C4)c3)cc12. The van der Waals surface area contributed by atoms with E-state index in [1.807, 2.05) is 50.6 Å². The van der Waals surface area contributed by atoms with Crippen LogP contribution in [0.3, 0.4) is 0 Å². The number of ether oxygens (including phenoxy) is 1. The normalized spacial score (nSPS) is 15.9. The Hall–Kier alpha value is -3.71. The molecule has 5 rings (SSSR count). The monoisotopic (exact) mass is 458 g/mol. The zero-order valence-corrected chi connectivity index (χ0v) is 19.5. The Balaban J connectivity index is 1.52. The largest absolute Gasteiger partial charge is 0.496 e. The molecule has 1 amide bonds. The molecule has 1 atom stereocenters. The van der Waals surface area contributed by atoms with Crippen LogP contribution < -0.4 is 4.74 Å². The molecule has 4 aromatic rings. The first-order chi connectivity index (χ1) is 16.4. The lowest BCUT2D eigenvalue weighted by Gasteiger charge is -2.20. The Bertz CT molecular complexity index is 1360. The maximum Gasteiger partial charge on any atom is 0.254 e. The van der Waals surface area contributed by atoms with E-state index in [1.54, 1.807) is 24.3 Å². The summed E-state index contributed by atoms with van der Waals surface area (Å²) in [4.78, 5) is 24.8. The first-order valence-corrected chi connectivity index (χ1v) is 11.3. The minimum Gasteiger partial charge on any atom is -0.496 e. The highest BCUT2D eigenvalue weighted by atomic mass is 19.1. The number of carbonyl (C=O) groups excluding carboxylic acids is 1. The highest BCUT2D eigenvalue weighted by Crippen LogP contribution is 2.36. The number of fused-ring (bicyclic) bond motifs is 1. The van der Waals surface area contributed by atoms with Gasteiger partial charge in [0.2, 0.25) is 0 Å². The fraction of sp³-hybridized carbons (Fsp3) is 0.259. The summed E-state index contributed by atoms with van der Waals surface area (Å²) in [6.45, 7) is 1.32. The summed E-state index contributed by atoms with van der Waals surface area (Å²) in [5, 5.41) is 0.896. The number of likely N-dealkylation sites (tertiary alicyclic amines) is 1. The van der Waals surface area contributed by atoms with E-state index in [4.69, 9.17) is 4.74 Å². The molecule has 0 aliphatic carbocycles. The fourth-order valence-corrected chi connectivity index (χ4v) is 4.66. The number of para-hydroxylation sites is 1. The molecule has 6 nitrogen and oxygen atoms in total. The number of benzene rings is 2. The van der Waals surface area contributed by atoms with Crippen LogP contribution in [-0.2, 0) is 0 Å². The van der Waals surface area contributed by atoms with E-state index in [1.165, 1.54) is 12.1 Å². The van der Waals surface area contributed by atoms with Crippen LogP contribution in [0.5, 0.6) is 5.75 Å². The van der Waals surface area contributed by atoms with Gasteiger partial charge in [-0.05, 0) is 56.4 Å². The molecule has 2 aromatic carbocycles. The molecule has 34 heavy (non-hydrogen) atoms. The predicted octanol–water partition coefficient (Wildman–Crippen LogP) is 4.82. The van der Waals surface area contributed by atoms with Crippen LogP contribution in [0, 0.1) is 5.82 Å². The van der Waals surface area contributed by atoms with Crippen molar-refractivity contribution in [3.05, 3.63) is 72.3 Å². The van der Waals surface area contributed by atoms with Crippen LogP contribution in [0.15, 0.2) is 60.9 Å². The Kier molecular flexibility index (Phi) is 5.79. The van der Waals surface area contributed by atoms with Crippen molar-refractivity contribution in [2.24, 2.45) is 0 Å². The lowest BCUT2D eigenvalue weighted by atomic mass is 10.00. The Morgan fingerprint density at radius 3 is 2.74 bits per heavy atom. The van der Waals surface area contributed by atoms with E-state index in [-0.39, 0.29) is 5.91 Å². The molecular formula is C27H27FN4O2. The van der Waals surface area contributed by atoms with E-state index in [2.05, 4.69) is 14.9 Å². The number of pyridine rings is 1. The molecule has 0 radical (unpaired) electrons. The van der Waals surface area contributed by atoms with Gasteiger partial charge in [0.1, 0.15) is 17.2 Å². The molecule has 0 saturated carbocycles. The van der Waals surface area contributed by atoms with Crippen LogP contribution in [0.25, 0.3) is 33.3 Å². The van der Waals surface area contributed by atoms with Gasteiger partial charge in [0, 0.05) is 59.2 Å². The number of aromatic nitrogens is 2. The molecule has 0 spiro atoms. The van der Waals surface area contributed by atoms with Crippen LogP contribution in [0.4, 0.5) is 4.39 Å². The standard InChI is InChI=1S/C27H27FN4O2/c1-31(2)21-8-9-32(16-21)27(33)18-10-17(11-20(28)12-18)19-13-23-24(15-30-26(23)29-14-19)22-6-4-5-7-25(22)34-3/h4-7,10-15,21H,8-9,16H2,1-3H3,(H,29,30). The van der Waals surface area contributed by atoms with Gasteiger partial charge < -0.3 is 19.5 Å². The second-order valence-electron chi connectivity index (χ2n) is 8.91. The van der Waals surface area contributed by atoms with E-state index < -0.39 is 5.82 Å². The summed E-state index contributed by atoms with van der Waals surface area (Å²) in [5.41, 5.74) is 4.33. The topological polar surface area (TPSA) is 61.5 Å². The number of carbonyl (C=O) groups is 1. The van der Waals surface area contributed by atoms with Gasteiger partial charge in [-0.25, -0.2) is 9.37 Å². The van der Waals surface area contributed by atoms with E-state index in [9.17, 15) is 9.18 Å². The molecule has 3 heterocycles. The van der Waals surface area contributed by atoms with Crippen molar-refractivity contribution in [2.45, 2.75) is 12.5 Å². The molecule has 7 heteroatoms. The Labute approximate surface area is 198 Å². The first kappa shape index (κ1) is 22.1. The molecule has 1 unspecified atom stereocenters. The summed E-state index contributed by atoms with van der Waals surface area (Å²) < 4.78 is 20.2. The van der Waals surface area contributed by atoms with Crippen molar-refractivity contribution in [3.63, 3.8) is 0 Å². The average Bonchev–Trinajstić information content (AvgIpc) is 3.50. The summed E-state index contributed by atoms with van der Waals surface area (Å²) in [6.07, 6.45) is 4.51. The number of amides is 1. The molecule has 1 saturated heterocycles. The highest BCUT2D eigenvalue weighted by molar-refractivity contribution is 5.98. The third-order valence-corrected chi connectivity index (χ3v) is 6.59. The number of hydrogen-bond acceptors (Lipinski definition) is 4. The number of nitrogens with one attached hydrogen (secondary N) is 1. The lowest BCUT2D eigenvalue weighted by molar-refractivity contribution is 0.0782. The van der Waals surface area contributed by atoms with Crippen LogP contribution in [0.2, 0.25) is 0 Å². The third kappa shape index (κ3) is 4.03. The summed E-state index contributed by atoms with van der Waals surface area (Å²) in [6, 6.07) is 14.6. The number of rotatable bonds is 5. The number of H-pyrrole nitrogens is 1. The molecule has 1 aliphatic heterocycles. The van der Waals surface area contributed by atoms with Crippen molar-refractivity contribution in [2.75, 3.05) is 34.3 Å². The lowest BCUT2D eigenvalue weighted by Crippen LogP contribution is -2.34. The number of aromatic amines is 1. The molecule has 1 N–H and O–H groups in total. The van der Waals surface area contributed by atoms with Crippen molar-refractivity contribution >= 4 is 16.9 Å². The molecule has 1 fully saturated rings. The van der Waals surface area contributed by atoms with Gasteiger partial charge in [-0.15, -0.1) is 0 Å². The number of nitrogens with zero attached hydrogens (tertiary/aromatic N) is 3. The van der Waals surface area contributed by atoms with Crippen LogP contribution in [0.1, 0.15) is 16.8 Å². The molecule has 1 aliphatic rings. The first-order valence-electron chi connectivity index (χ1n) is 11.3. The molecule has 2 aromatic heterocycles. The number of halogens is 1. The summed E-state index contributed by atoms with van der Waals surface area (Å²) in [7, 11) is 5.68. The smallest absolute Gasteiger partial charge is 0.254 e. The maximum atomic E-state index is 14.6. The molecule has 174 valence electrons. The average molecular weight is 459 g/mol. The van der Waals surface area contributed by atoms with Gasteiger partial charge in [-0.3, -0.25) is 4.79 Å². The van der Waals surface area contributed by atoms with E-state index >= 15 is 0 Å². The highest BCUT2D eigenvalue weighted by Gasteiger charge is 2.28. The van der Waals surface area contributed by atoms with Crippen molar-refractivity contribution in [1.82, 2.24) is 19.8 Å². The fourth-order valence-electron chi connectivity index (χ4n) is 4.66. The van der Waals surface area contributed by atoms with Gasteiger partial charge in [0.25, 0.3) is 5.91 Å². The zero-order valence-electron chi connectivity index (χ0n) is 19.5. The number of methoxy groups -OCH3 is 1. The number of likely N-dealkylation sites (N-methyl/N-ethyl adjacent to an activating group) is 1. The Morgan fingerprint density at radius 2 is 1.97 bits per heavy atom.